The summed E-state index contributed by atoms with van der Waals surface area (Å²) in [5.41, 5.74) is 1.26. The molecule has 1 N–H and O–H groups in total. The van der Waals surface area contributed by atoms with Crippen molar-refractivity contribution in [1.29, 1.82) is 0 Å². The van der Waals surface area contributed by atoms with Crippen LogP contribution in [0, 0.1) is 0 Å². The van der Waals surface area contributed by atoms with Crippen molar-refractivity contribution in [3.05, 3.63) is 60.4 Å². The Labute approximate surface area is 151 Å². The first-order valence-corrected chi connectivity index (χ1v) is 8.32. The molecular weight excluding hydrogens is 332 g/mol. The maximum atomic E-state index is 12.7. The van der Waals surface area contributed by atoms with Crippen LogP contribution < -0.4 is 10.1 Å². The fourth-order valence-electron chi connectivity index (χ4n) is 2.65. The van der Waals surface area contributed by atoms with E-state index in [4.69, 9.17) is 9.15 Å². The lowest BCUT2D eigenvalue weighted by atomic mass is 10.2. The van der Waals surface area contributed by atoms with Gasteiger partial charge in [0.15, 0.2) is 5.76 Å². The van der Waals surface area contributed by atoms with Gasteiger partial charge in [-0.1, -0.05) is 24.3 Å². The van der Waals surface area contributed by atoms with Crippen LogP contribution in [0.15, 0.2) is 59.0 Å². The van der Waals surface area contributed by atoms with Crippen molar-refractivity contribution in [3.63, 3.8) is 0 Å². The Morgan fingerprint density at radius 1 is 1.12 bits per heavy atom. The summed E-state index contributed by atoms with van der Waals surface area (Å²) in [6.45, 7) is 2.14. The van der Waals surface area contributed by atoms with Crippen molar-refractivity contribution in [1.82, 2.24) is 4.90 Å². The second kappa shape index (κ2) is 7.74. The number of nitrogens with one attached hydrogen (secondary N) is 1. The largest absolute Gasteiger partial charge is 0.497 e. The lowest BCUT2D eigenvalue weighted by molar-refractivity contribution is -0.116. The number of fused-ring (bicyclic) bond motifs is 1. The highest BCUT2D eigenvalue weighted by Crippen LogP contribution is 2.20. The topological polar surface area (TPSA) is 71.8 Å². The zero-order valence-corrected chi connectivity index (χ0v) is 14.7. The van der Waals surface area contributed by atoms with E-state index in [0.29, 0.717) is 23.6 Å². The van der Waals surface area contributed by atoms with Gasteiger partial charge in [0.1, 0.15) is 17.9 Å². The van der Waals surface area contributed by atoms with E-state index in [9.17, 15) is 9.59 Å². The number of benzene rings is 2. The zero-order valence-electron chi connectivity index (χ0n) is 14.7. The van der Waals surface area contributed by atoms with Crippen LogP contribution >= 0.6 is 0 Å². The smallest absolute Gasteiger partial charge is 0.290 e. The van der Waals surface area contributed by atoms with Gasteiger partial charge in [-0.3, -0.25) is 9.59 Å². The van der Waals surface area contributed by atoms with Gasteiger partial charge < -0.3 is 19.4 Å². The number of furan rings is 1. The summed E-state index contributed by atoms with van der Waals surface area (Å²) in [6, 6.07) is 16.2. The Hall–Kier alpha value is -3.28. The molecule has 0 fully saturated rings. The van der Waals surface area contributed by atoms with Gasteiger partial charge in [0.25, 0.3) is 5.91 Å². The minimum atomic E-state index is -0.315. The fourth-order valence-corrected chi connectivity index (χ4v) is 2.65. The third kappa shape index (κ3) is 3.85. The Bertz CT molecular complexity index is 899. The summed E-state index contributed by atoms with van der Waals surface area (Å²) in [6.07, 6.45) is 0. The summed E-state index contributed by atoms with van der Waals surface area (Å²) < 4.78 is 10.7. The van der Waals surface area contributed by atoms with Gasteiger partial charge >= 0.3 is 0 Å². The highest BCUT2D eigenvalue weighted by atomic mass is 16.5. The van der Waals surface area contributed by atoms with Crippen molar-refractivity contribution in [2.75, 3.05) is 25.5 Å². The molecule has 0 unspecified atom stereocenters. The van der Waals surface area contributed by atoms with Crippen LogP contribution in [0.25, 0.3) is 11.0 Å². The molecule has 3 aromatic rings. The summed E-state index contributed by atoms with van der Waals surface area (Å²) >= 11 is 0. The van der Waals surface area contributed by atoms with Crippen LogP contribution in [-0.4, -0.2) is 36.9 Å². The zero-order chi connectivity index (χ0) is 18.5. The Morgan fingerprint density at radius 2 is 1.92 bits per heavy atom. The number of amides is 2. The predicted octanol–water partition coefficient (Wildman–Crippen LogP) is 3.54. The molecule has 0 saturated heterocycles. The van der Waals surface area contributed by atoms with E-state index in [0.717, 1.165) is 5.39 Å². The second-order valence-corrected chi connectivity index (χ2v) is 5.75. The molecule has 0 bridgehead atoms. The number of rotatable bonds is 6. The van der Waals surface area contributed by atoms with Gasteiger partial charge in [0, 0.05) is 23.7 Å². The number of likely N-dealkylation sites (N-methyl/N-ethyl adjacent to an activating group) is 1. The summed E-state index contributed by atoms with van der Waals surface area (Å²) in [5, 5.41) is 3.63. The molecule has 134 valence electrons. The van der Waals surface area contributed by atoms with Gasteiger partial charge in [-0.05, 0) is 31.2 Å². The molecule has 2 amide bonds. The van der Waals surface area contributed by atoms with Crippen LogP contribution in [0.5, 0.6) is 5.75 Å². The molecule has 6 heteroatoms. The number of nitrogens with zero attached hydrogens (tertiary/aromatic N) is 1. The number of para-hydroxylation sites is 1. The maximum Gasteiger partial charge on any atom is 0.290 e. The van der Waals surface area contributed by atoms with E-state index in [1.807, 2.05) is 25.1 Å². The average molecular weight is 352 g/mol. The normalized spacial score (nSPS) is 10.5. The van der Waals surface area contributed by atoms with Crippen LogP contribution in [0.3, 0.4) is 0 Å². The quantitative estimate of drug-likeness (QED) is 0.736. The average Bonchev–Trinajstić information content (AvgIpc) is 3.10. The number of carbonyl (C=O) groups is 2. The number of ether oxygens (including phenoxy) is 1. The molecule has 1 heterocycles. The van der Waals surface area contributed by atoms with Crippen molar-refractivity contribution in [2.24, 2.45) is 0 Å². The Kier molecular flexibility index (Phi) is 5.22. The number of carbonyl (C=O) groups excluding carboxylic acids is 2. The third-order valence-electron chi connectivity index (χ3n) is 3.99. The number of anilines is 1. The SMILES string of the molecule is CCN(CC(=O)Nc1cccc(OC)c1)C(=O)c1cc2ccccc2o1. The summed E-state index contributed by atoms with van der Waals surface area (Å²) in [5.74, 6) is 0.268. The third-order valence-corrected chi connectivity index (χ3v) is 3.99. The van der Waals surface area contributed by atoms with Crippen molar-refractivity contribution >= 4 is 28.5 Å². The molecule has 26 heavy (non-hydrogen) atoms. The molecular formula is C20H20N2O4. The summed E-state index contributed by atoms with van der Waals surface area (Å²) in [7, 11) is 1.56. The molecule has 6 nitrogen and oxygen atoms in total. The maximum absolute atomic E-state index is 12.7. The molecule has 0 saturated carbocycles. The molecule has 0 spiro atoms. The first-order chi connectivity index (χ1) is 12.6. The first-order valence-electron chi connectivity index (χ1n) is 8.32. The predicted molar refractivity (Wildman–Crippen MR) is 99.4 cm³/mol. The fraction of sp³-hybridized carbons (Fsp3) is 0.200. The van der Waals surface area contributed by atoms with Crippen LogP contribution in [0.1, 0.15) is 17.5 Å². The van der Waals surface area contributed by atoms with Crippen LogP contribution in [0.4, 0.5) is 5.69 Å². The molecule has 0 radical (unpaired) electrons. The van der Waals surface area contributed by atoms with Crippen LogP contribution in [-0.2, 0) is 4.79 Å². The van der Waals surface area contributed by atoms with E-state index in [1.54, 1.807) is 43.5 Å². The van der Waals surface area contributed by atoms with Crippen molar-refractivity contribution in [2.45, 2.75) is 6.92 Å². The lowest BCUT2D eigenvalue weighted by Crippen LogP contribution is -2.37. The van der Waals surface area contributed by atoms with E-state index in [1.165, 1.54) is 4.90 Å². The highest BCUT2D eigenvalue weighted by molar-refractivity contribution is 6.00. The molecule has 0 atom stereocenters. The van der Waals surface area contributed by atoms with E-state index < -0.39 is 0 Å². The Balaban J connectivity index is 1.69. The van der Waals surface area contributed by atoms with Crippen molar-refractivity contribution in [3.8, 4) is 5.75 Å². The van der Waals surface area contributed by atoms with Gasteiger partial charge in [-0.15, -0.1) is 0 Å². The minimum absolute atomic E-state index is 0.0659. The standard InChI is InChI=1S/C20H20N2O4/c1-3-22(13-19(23)21-15-8-6-9-16(12-15)25-2)20(24)18-11-14-7-4-5-10-17(14)26-18/h4-12H,3,13H2,1-2H3,(H,21,23). The molecule has 0 aliphatic rings. The van der Waals surface area contributed by atoms with Crippen LogP contribution in [0.2, 0.25) is 0 Å². The summed E-state index contributed by atoms with van der Waals surface area (Å²) in [4.78, 5) is 26.4. The Morgan fingerprint density at radius 3 is 2.65 bits per heavy atom. The molecule has 2 aromatic carbocycles. The highest BCUT2D eigenvalue weighted by Gasteiger charge is 2.21. The van der Waals surface area contributed by atoms with E-state index in [-0.39, 0.29) is 24.1 Å². The minimum Gasteiger partial charge on any atom is -0.497 e. The van der Waals surface area contributed by atoms with Gasteiger partial charge in [0.05, 0.1) is 7.11 Å². The number of hydrogen-bond acceptors (Lipinski definition) is 4. The molecule has 0 aliphatic heterocycles. The molecule has 0 aliphatic carbocycles. The van der Waals surface area contributed by atoms with Gasteiger partial charge in [0.2, 0.25) is 5.91 Å². The monoisotopic (exact) mass is 352 g/mol. The van der Waals surface area contributed by atoms with Crippen molar-refractivity contribution < 1.29 is 18.7 Å². The van der Waals surface area contributed by atoms with E-state index in [2.05, 4.69) is 5.32 Å². The first kappa shape index (κ1) is 17.5. The van der Waals surface area contributed by atoms with Gasteiger partial charge in [-0.2, -0.15) is 0 Å². The number of hydrogen-bond donors (Lipinski definition) is 1. The molecule has 1 aromatic heterocycles. The lowest BCUT2D eigenvalue weighted by Gasteiger charge is -2.19. The molecule has 3 rings (SSSR count). The second-order valence-electron chi connectivity index (χ2n) is 5.75. The van der Waals surface area contributed by atoms with E-state index >= 15 is 0 Å². The van der Waals surface area contributed by atoms with Gasteiger partial charge in [-0.25, -0.2) is 0 Å². The number of methoxy groups -OCH3 is 1.